The minimum Gasteiger partial charge on any atom is -0.496 e. The van der Waals surface area contributed by atoms with E-state index in [0.29, 0.717) is 13.2 Å². The zero-order chi connectivity index (χ0) is 14.0. The van der Waals surface area contributed by atoms with Gasteiger partial charge in [-0.15, -0.1) is 0 Å². The maximum absolute atomic E-state index is 10.7. The molecule has 1 aliphatic heterocycles. The molecule has 0 aromatic heterocycles. The highest BCUT2D eigenvalue weighted by atomic mass is 16.5. The number of aryl methyl sites for hydroxylation is 2. The van der Waals surface area contributed by atoms with E-state index >= 15 is 0 Å². The van der Waals surface area contributed by atoms with Gasteiger partial charge in [-0.1, -0.05) is 12.1 Å². The molecule has 0 amide bonds. The summed E-state index contributed by atoms with van der Waals surface area (Å²) in [5, 5.41) is 8.80. The number of hydrogen-bond acceptors (Lipinski definition) is 3. The van der Waals surface area contributed by atoms with Crippen LogP contribution in [0.15, 0.2) is 24.3 Å². The summed E-state index contributed by atoms with van der Waals surface area (Å²) < 4.78 is 10.6. The van der Waals surface area contributed by atoms with Crippen LogP contribution in [0.2, 0.25) is 0 Å². The number of methoxy groups -OCH3 is 1. The number of rotatable bonds is 4. The maximum atomic E-state index is 10.7. The summed E-state index contributed by atoms with van der Waals surface area (Å²) in [6.45, 7) is 5.02. The second kappa shape index (κ2) is 5.05. The Morgan fingerprint density at radius 1 is 1.37 bits per heavy atom. The van der Waals surface area contributed by atoms with Crippen LogP contribution in [0.25, 0.3) is 0 Å². The van der Waals surface area contributed by atoms with E-state index < -0.39 is 5.97 Å². The molecule has 0 unspecified atom stereocenters. The van der Waals surface area contributed by atoms with Gasteiger partial charge in [-0.25, -0.2) is 4.79 Å². The van der Waals surface area contributed by atoms with E-state index in [9.17, 15) is 4.79 Å². The molecule has 1 saturated heterocycles. The van der Waals surface area contributed by atoms with Gasteiger partial charge in [-0.3, -0.25) is 0 Å². The van der Waals surface area contributed by atoms with E-state index in [1.54, 1.807) is 13.2 Å². The third kappa shape index (κ3) is 2.49. The fourth-order valence-corrected chi connectivity index (χ4v) is 2.44. The van der Waals surface area contributed by atoms with Crippen molar-refractivity contribution in [2.24, 2.45) is 0 Å². The van der Waals surface area contributed by atoms with Gasteiger partial charge in [0.1, 0.15) is 5.75 Å². The first-order chi connectivity index (χ1) is 8.98. The van der Waals surface area contributed by atoms with E-state index in [2.05, 4.69) is 6.07 Å². The Hall–Kier alpha value is -1.81. The fourth-order valence-electron chi connectivity index (χ4n) is 2.44. The SMILES string of the molecule is COc1cc(C)c(C2(/C=C/C(=O)O)COC2)cc1C. The monoisotopic (exact) mass is 262 g/mol. The fraction of sp³-hybridized carbons (Fsp3) is 0.400. The Balaban J connectivity index is 2.44. The van der Waals surface area contributed by atoms with Gasteiger partial charge in [0.2, 0.25) is 0 Å². The Kier molecular flexibility index (Phi) is 3.62. The van der Waals surface area contributed by atoms with Crippen molar-refractivity contribution < 1.29 is 19.4 Å². The van der Waals surface area contributed by atoms with Crippen LogP contribution in [0.4, 0.5) is 0 Å². The summed E-state index contributed by atoms with van der Waals surface area (Å²) in [7, 11) is 1.65. The van der Waals surface area contributed by atoms with Gasteiger partial charge in [-0.2, -0.15) is 0 Å². The number of carboxylic acid groups (broad SMARTS) is 1. The minimum atomic E-state index is -0.936. The molecule has 0 saturated carbocycles. The highest BCUT2D eigenvalue weighted by molar-refractivity contribution is 5.80. The zero-order valence-corrected chi connectivity index (χ0v) is 11.4. The smallest absolute Gasteiger partial charge is 0.328 e. The van der Waals surface area contributed by atoms with E-state index in [-0.39, 0.29) is 5.41 Å². The summed E-state index contributed by atoms with van der Waals surface area (Å²) in [6.07, 6.45) is 2.93. The third-order valence-electron chi connectivity index (χ3n) is 3.54. The van der Waals surface area contributed by atoms with Gasteiger partial charge in [-0.05, 0) is 36.6 Å². The predicted octanol–water partition coefficient (Wildman–Crippen LogP) is 2.22. The van der Waals surface area contributed by atoms with Crippen molar-refractivity contribution >= 4 is 5.97 Å². The number of hydrogen-bond donors (Lipinski definition) is 1. The molecule has 4 heteroatoms. The van der Waals surface area contributed by atoms with Gasteiger partial charge in [0.05, 0.1) is 25.7 Å². The molecule has 1 aromatic rings. The zero-order valence-electron chi connectivity index (χ0n) is 11.4. The van der Waals surface area contributed by atoms with Crippen molar-refractivity contribution in [1.29, 1.82) is 0 Å². The van der Waals surface area contributed by atoms with Crippen LogP contribution in [-0.2, 0) is 14.9 Å². The Bertz CT molecular complexity index is 527. The first-order valence-electron chi connectivity index (χ1n) is 6.14. The van der Waals surface area contributed by atoms with Gasteiger partial charge >= 0.3 is 5.97 Å². The molecular weight excluding hydrogens is 244 g/mol. The molecule has 1 aromatic carbocycles. The van der Waals surface area contributed by atoms with Crippen molar-refractivity contribution in [3.05, 3.63) is 41.0 Å². The molecule has 0 aliphatic carbocycles. The quantitative estimate of drug-likeness (QED) is 0.845. The maximum Gasteiger partial charge on any atom is 0.328 e. The van der Waals surface area contributed by atoms with Crippen molar-refractivity contribution in [2.75, 3.05) is 20.3 Å². The normalized spacial score (nSPS) is 17.2. The lowest BCUT2D eigenvalue weighted by Crippen LogP contribution is -2.45. The summed E-state index contributed by atoms with van der Waals surface area (Å²) in [5.41, 5.74) is 2.91. The lowest BCUT2D eigenvalue weighted by molar-refractivity contribution is -0.131. The van der Waals surface area contributed by atoms with Gasteiger partial charge in [0.25, 0.3) is 0 Å². The van der Waals surface area contributed by atoms with Gasteiger partial charge in [0.15, 0.2) is 0 Å². The molecule has 0 radical (unpaired) electrons. The van der Waals surface area contributed by atoms with Crippen molar-refractivity contribution in [3.8, 4) is 5.75 Å². The molecule has 0 atom stereocenters. The standard InChI is InChI=1S/C15H18O4/c1-10-7-13(18-3)11(2)6-12(10)15(8-19-9-15)5-4-14(16)17/h4-7H,8-9H2,1-3H3,(H,16,17)/b5-4+. The number of carboxylic acids is 1. The molecule has 2 rings (SSSR count). The number of aliphatic carboxylic acids is 1. The summed E-state index contributed by atoms with van der Waals surface area (Å²) in [4.78, 5) is 10.7. The Morgan fingerprint density at radius 3 is 2.53 bits per heavy atom. The average Bonchev–Trinajstić information content (AvgIpc) is 2.31. The summed E-state index contributed by atoms with van der Waals surface area (Å²) in [6, 6.07) is 4.04. The molecule has 19 heavy (non-hydrogen) atoms. The third-order valence-corrected chi connectivity index (χ3v) is 3.54. The average molecular weight is 262 g/mol. The highest BCUT2D eigenvalue weighted by Crippen LogP contribution is 2.38. The second-order valence-electron chi connectivity index (χ2n) is 4.96. The molecule has 0 spiro atoms. The lowest BCUT2D eigenvalue weighted by Gasteiger charge is -2.40. The minimum absolute atomic E-state index is 0.320. The Labute approximate surface area is 112 Å². The first-order valence-corrected chi connectivity index (χ1v) is 6.14. The molecule has 102 valence electrons. The van der Waals surface area contributed by atoms with Crippen LogP contribution in [0.3, 0.4) is 0 Å². The predicted molar refractivity (Wildman–Crippen MR) is 71.7 cm³/mol. The lowest BCUT2D eigenvalue weighted by atomic mass is 9.75. The van der Waals surface area contributed by atoms with Crippen LogP contribution in [0, 0.1) is 13.8 Å². The molecule has 4 nitrogen and oxygen atoms in total. The Morgan fingerprint density at radius 2 is 2.05 bits per heavy atom. The van der Waals surface area contributed by atoms with Crippen LogP contribution in [0.1, 0.15) is 16.7 Å². The van der Waals surface area contributed by atoms with Crippen molar-refractivity contribution in [2.45, 2.75) is 19.3 Å². The van der Waals surface area contributed by atoms with Crippen molar-refractivity contribution in [1.82, 2.24) is 0 Å². The molecule has 0 bridgehead atoms. The van der Waals surface area contributed by atoms with Gasteiger partial charge in [0, 0.05) is 6.08 Å². The molecule has 1 N–H and O–H groups in total. The first kappa shape index (κ1) is 13.6. The molecule has 1 fully saturated rings. The van der Waals surface area contributed by atoms with E-state index in [1.165, 1.54) is 6.08 Å². The van der Waals surface area contributed by atoms with E-state index in [4.69, 9.17) is 14.6 Å². The highest BCUT2D eigenvalue weighted by Gasteiger charge is 2.39. The van der Waals surface area contributed by atoms with Crippen LogP contribution < -0.4 is 4.74 Å². The largest absolute Gasteiger partial charge is 0.496 e. The van der Waals surface area contributed by atoms with Crippen LogP contribution in [0.5, 0.6) is 5.75 Å². The van der Waals surface area contributed by atoms with E-state index in [0.717, 1.165) is 22.4 Å². The second-order valence-corrected chi connectivity index (χ2v) is 4.96. The topological polar surface area (TPSA) is 55.8 Å². The van der Waals surface area contributed by atoms with Gasteiger partial charge < -0.3 is 14.6 Å². The van der Waals surface area contributed by atoms with Crippen LogP contribution >= 0.6 is 0 Å². The van der Waals surface area contributed by atoms with Crippen molar-refractivity contribution in [3.63, 3.8) is 0 Å². The molecular formula is C15H18O4. The number of benzene rings is 1. The number of ether oxygens (including phenoxy) is 2. The summed E-state index contributed by atoms with van der Waals surface area (Å²) in [5.74, 6) is -0.0898. The molecule has 1 aliphatic rings. The number of carbonyl (C=O) groups is 1. The van der Waals surface area contributed by atoms with Crippen LogP contribution in [-0.4, -0.2) is 31.4 Å². The summed E-state index contributed by atoms with van der Waals surface area (Å²) >= 11 is 0. The van der Waals surface area contributed by atoms with E-state index in [1.807, 2.05) is 19.9 Å². The molecule has 1 heterocycles.